The van der Waals surface area contributed by atoms with Gasteiger partial charge in [0.25, 0.3) is 0 Å². The quantitative estimate of drug-likeness (QED) is 0.740. The van der Waals surface area contributed by atoms with Crippen LogP contribution in [0, 0.1) is 0 Å². The molecule has 0 atom stereocenters. The molecule has 1 aromatic rings. The van der Waals surface area contributed by atoms with Crippen LogP contribution in [0.5, 0.6) is 5.75 Å². The normalized spacial score (nSPS) is 9.44. The third-order valence-corrected chi connectivity index (χ3v) is 2.50. The molecule has 0 aliphatic carbocycles. The standard InChI is InChI=1S/C13H20N2O2.ClH/c1-17-12-7-3-2-6-11(12)10-13(16)15-9-5-4-8-14;/h2-3,6-7H,4-5,8-10,14H2,1H3,(H,15,16);1H. The zero-order valence-corrected chi connectivity index (χ0v) is 11.5. The molecule has 4 nitrogen and oxygen atoms in total. The van der Waals surface area contributed by atoms with E-state index in [1.165, 1.54) is 0 Å². The second-order valence-electron chi connectivity index (χ2n) is 3.83. The van der Waals surface area contributed by atoms with Crippen LogP contribution in [0.3, 0.4) is 0 Å². The molecule has 0 saturated heterocycles. The van der Waals surface area contributed by atoms with Gasteiger partial charge in [-0.05, 0) is 25.5 Å². The maximum Gasteiger partial charge on any atom is 0.224 e. The number of carbonyl (C=O) groups is 1. The number of ether oxygens (including phenoxy) is 1. The van der Waals surface area contributed by atoms with Crippen LogP contribution in [0.25, 0.3) is 0 Å². The van der Waals surface area contributed by atoms with Crippen molar-refractivity contribution in [2.75, 3.05) is 20.2 Å². The molecule has 0 spiro atoms. The van der Waals surface area contributed by atoms with Gasteiger partial charge in [-0.3, -0.25) is 4.79 Å². The van der Waals surface area contributed by atoms with Crippen molar-refractivity contribution in [3.05, 3.63) is 29.8 Å². The number of nitrogens with one attached hydrogen (secondary N) is 1. The van der Waals surface area contributed by atoms with Gasteiger partial charge < -0.3 is 15.8 Å². The van der Waals surface area contributed by atoms with Gasteiger partial charge in [0.05, 0.1) is 13.5 Å². The van der Waals surface area contributed by atoms with E-state index in [4.69, 9.17) is 10.5 Å². The van der Waals surface area contributed by atoms with Gasteiger partial charge in [0, 0.05) is 12.1 Å². The summed E-state index contributed by atoms with van der Waals surface area (Å²) in [7, 11) is 1.61. The summed E-state index contributed by atoms with van der Waals surface area (Å²) in [6, 6.07) is 7.55. The molecule has 1 rings (SSSR count). The predicted octanol–water partition coefficient (Wildman–Crippen LogP) is 1.51. The number of halogens is 1. The molecule has 18 heavy (non-hydrogen) atoms. The highest BCUT2D eigenvalue weighted by molar-refractivity contribution is 5.85. The number of carbonyl (C=O) groups excluding carboxylic acids is 1. The molecule has 102 valence electrons. The largest absolute Gasteiger partial charge is 0.496 e. The molecule has 0 aromatic heterocycles. The molecule has 0 heterocycles. The second-order valence-corrected chi connectivity index (χ2v) is 3.83. The summed E-state index contributed by atoms with van der Waals surface area (Å²) in [5.74, 6) is 0.774. The van der Waals surface area contributed by atoms with Crippen molar-refractivity contribution in [2.45, 2.75) is 19.3 Å². The van der Waals surface area contributed by atoms with Gasteiger partial charge in [-0.2, -0.15) is 0 Å². The predicted molar refractivity (Wildman–Crippen MR) is 75.2 cm³/mol. The number of hydrogen-bond acceptors (Lipinski definition) is 3. The fourth-order valence-corrected chi connectivity index (χ4v) is 1.58. The van der Waals surface area contributed by atoms with E-state index >= 15 is 0 Å². The summed E-state index contributed by atoms with van der Waals surface area (Å²) in [5, 5.41) is 2.87. The van der Waals surface area contributed by atoms with E-state index in [1.54, 1.807) is 7.11 Å². The highest BCUT2D eigenvalue weighted by Crippen LogP contribution is 2.17. The minimum atomic E-state index is 0. The van der Waals surface area contributed by atoms with Gasteiger partial charge in [-0.1, -0.05) is 18.2 Å². The molecule has 1 amide bonds. The van der Waals surface area contributed by atoms with Crippen molar-refractivity contribution >= 4 is 18.3 Å². The lowest BCUT2D eigenvalue weighted by atomic mass is 10.1. The van der Waals surface area contributed by atoms with Crippen molar-refractivity contribution in [1.82, 2.24) is 5.32 Å². The minimum absolute atomic E-state index is 0. The van der Waals surface area contributed by atoms with Gasteiger partial charge in [0.2, 0.25) is 5.91 Å². The number of rotatable bonds is 7. The summed E-state index contributed by atoms with van der Waals surface area (Å²) in [6.45, 7) is 1.35. The maximum atomic E-state index is 11.6. The number of methoxy groups -OCH3 is 1. The molecule has 0 aliphatic rings. The Kier molecular flexibility index (Phi) is 9.06. The van der Waals surface area contributed by atoms with Crippen LogP contribution >= 0.6 is 12.4 Å². The lowest BCUT2D eigenvalue weighted by Gasteiger charge is -2.08. The lowest BCUT2D eigenvalue weighted by molar-refractivity contribution is -0.120. The Morgan fingerprint density at radius 3 is 2.72 bits per heavy atom. The van der Waals surface area contributed by atoms with Crippen molar-refractivity contribution in [2.24, 2.45) is 5.73 Å². The Morgan fingerprint density at radius 1 is 1.33 bits per heavy atom. The van der Waals surface area contributed by atoms with Crippen LogP contribution in [0.4, 0.5) is 0 Å². The molecule has 1 aromatic carbocycles. The summed E-state index contributed by atoms with van der Waals surface area (Å²) in [4.78, 5) is 11.6. The minimum Gasteiger partial charge on any atom is -0.496 e. The van der Waals surface area contributed by atoms with Crippen molar-refractivity contribution in [3.8, 4) is 5.75 Å². The Bertz CT molecular complexity index is 359. The van der Waals surface area contributed by atoms with E-state index < -0.39 is 0 Å². The second kappa shape index (κ2) is 9.74. The van der Waals surface area contributed by atoms with E-state index in [0.29, 0.717) is 19.5 Å². The molecular formula is C13H21ClN2O2. The van der Waals surface area contributed by atoms with Gasteiger partial charge >= 0.3 is 0 Å². The van der Waals surface area contributed by atoms with Gasteiger partial charge in [0.1, 0.15) is 5.75 Å². The first-order valence-electron chi connectivity index (χ1n) is 5.86. The van der Waals surface area contributed by atoms with Crippen LogP contribution in [0.15, 0.2) is 24.3 Å². The van der Waals surface area contributed by atoms with E-state index in [9.17, 15) is 4.79 Å². The molecule has 0 aliphatic heterocycles. The van der Waals surface area contributed by atoms with E-state index in [-0.39, 0.29) is 18.3 Å². The average Bonchev–Trinajstić information content (AvgIpc) is 2.35. The lowest BCUT2D eigenvalue weighted by Crippen LogP contribution is -2.26. The first kappa shape index (κ1) is 16.7. The number of unbranched alkanes of at least 4 members (excludes halogenated alkanes) is 1. The number of nitrogens with two attached hydrogens (primary N) is 1. The Morgan fingerprint density at radius 2 is 2.06 bits per heavy atom. The fraction of sp³-hybridized carbons (Fsp3) is 0.462. The Balaban J connectivity index is 0.00000289. The van der Waals surface area contributed by atoms with Gasteiger partial charge in [0.15, 0.2) is 0 Å². The summed E-state index contributed by atoms with van der Waals surface area (Å²) in [5.41, 5.74) is 6.29. The average molecular weight is 273 g/mol. The third kappa shape index (κ3) is 5.89. The van der Waals surface area contributed by atoms with Crippen LogP contribution < -0.4 is 15.8 Å². The molecule has 0 radical (unpaired) electrons. The van der Waals surface area contributed by atoms with Gasteiger partial charge in [-0.15, -0.1) is 12.4 Å². The zero-order chi connectivity index (χ0) is 12.5. The number of hydrogen-bond donors (Lipinski definition) is 2. The summed E-state index contributed by atoms with van der Waals surface area (Å²) < 4.78 is 5.19. The smallest absolute Gasteiger partial charge is 0.224 e. The molecule has 0 unspecified atom stereocenters. The van der Waals surface area contributed by atoms with E-state index in [0.717, 1.165) is 24.2 Å². The molecule has 3 N–H and O–H groups in total. The number of benzene rings is 1. The first-order valence-corrected chi connectivity index (χ1v) is 5.86. The van der Waals surface area contributed by atoms with E-state index in [1.807, 2.05) is 24.3 Å². The molecule has 5 heteroatoms. The third-order valence-electron chi connectivity index (χ3n) is 2.50. The maximum absolute atomic E-state index is 11.6. The summed E-state index contributed by atoms with van der Waals surface area (Å²) >= 11 is 0. The number of para-hydroxylation sites is 1. The van der Waals surface area contributed by atoms with Crippen molar-refractivity contribution in [3.63, 3.8) is 0 Å². The highest BCUT2D eigenvalue weighted by Gasteiger charge is 2.07. The summed E-state index contributed by atoms with van der Waals surface area (Å²) in [6.07, 6.45) is 2.22. The molecular weight excluding hydrogens is 252 g/mol. The molecule has 0 saturated carbocycles. The van der Waals surface area contributed by atoms with Crippen LogP contribution in [0.2, 0.25) is 0 Å². The van der Waals surface area contributed by atoms with Crippen LogP contribution in [0.1, 0.15) is 18.4 Å². The Hall–Kier alpha value is -1.26. The SMILES string of the molecule is COc1ccccc1CC(=O)NCCCCN.Cl. The Labute approximate surface area is 114 Å². The fourth-order valence-electron chi connectivity index (χ4n) is 1.58. The molecule has 0 bridgehead atoms. The zero-order valence-electron chi connectivity index (χ0n) is 10.6. The number of amides is 1. The van der Waals surface area contributed by atoms with E-state index in [2.05, 4.69) is 5.32 Å². The van der Waals surface area contributed by atoms with Crippen molar-refractivity contribution in [1.29, 1.82) is 0 Å². The monoisotopic (exact) mass is 272 g/mol. The first-order chi connectivity index (χ1) is 8.27. The van der Waals surface area contributed by atoms with Gasteiger partial charge in [-0.25, -0.2) is 0 Å². The van der Waals surface area contributed by atoms with Crippen LogP contribution in [-0.4, -0.2) is 26.1 Å². The topological polar surface area (TPSA) is 64.3 Å². The molecule has 0 fully saturated rings. The highest BCUT2D eigenvalue weighted by atomic mass is 35.5. The van der Waals surface area contributed by atoms with Crippen LogP contribution in [-0.2, 0) is 11.2 Å². The van der Waals surface area contributed by atoms with Crippen molar-refractivity contribution < 1.29 is 9.53 Å².